The summed E-state index contributed by atoms with van der Waals surface area (Å²) in [7, 11) is 0. The van der Waals surface area contributed by atoms with Crippen molar-refractivity contribution in [3.05, 3.63) is 0 Å². The van der Waals surface area contributed by atoms with E-state index in [1.165, 1.54) is 0 Å². The molecule has 4 N–H and O–H groups in total. The quantitative estimate of drug-likeness (QED) is 0.375. The average Bonchev–Trinajstić information content (AvgIpc) is 2.09. The minimum Gasteiger partial charge on any atom is -0.478 e. The summed E-state index contributed by atoms with van der Waals surface area (Å²) >= 11 is 0. The number of Topliss-reactive ketones (excluding diaryl/α,β-unsaturated/α-hetero) is 1. The van der Waals surface area contributed by atoms with Gasteiger partial charge in [0, 0.05) is 0 Å². The van der Waals surface area contributed by atoms with Gasteiger partial charge in [-0.05, 0) is 0 Å². The van der Waals surface area contributed by atoms with Gasteiger partial charge >= 0.3 is 5.97 Å². The highest BCUT2D eigenvalue weighted by Crippen LogP contribution is 2.10. The first kappa shape index (κ1) is 7.67. The SMILES string of the molecule is NC1(C(=O)O)CC(=O)C(=O)N1. The van der Waals surface area contributed by atoms with Gasteiger partial charge in [-0.3, -0.25) is 15.3 Å². The highest BCUT2D eigenvalue weighted by Gasteiger charge is 2.46. The molecule has 11 heavy (non-hydrogen) atoms. The molecule has 1 aliphatic heterocycles. The standard InChI is InChI=1S/C5H6N2O4/c6-5(4(10)11)1-2(8)3(9)7-5/h1,6H2,(H,7,9)(H,10,11). The summed E-state index contributed by atoms with van der Waals surface area (Å²) in [5.74, 6) is -3.14. The lowest BCUT2D eigenvalue weighted by Gasteiger charge is -2.15. The van der Waals surface area contributed by atoms with Gasteiger partial charge in [-0.25, -0.2) is 4.79 Å². The Bertz CT molecular complexity index is 231. The molecule has 1 saturated heterocycles. The molecule has 0 aromatic rings. The van der Waals surface area contributed by atoms with Gasteiger partial charge in [0.25, 0.3) is 5.91 Å². The average molecular weight is 158 g/mol. The number of hydrogen-bond donors (Lipinski definition) is 3. The van der Waals surface area contributed by atoms with Crippen molar-refractivity contribution in [1.82, 2.24) is 5.32 Å². The number of carboxylic acids is 1. The lowest BCUT2D eigenvalue weighted by atomic mass is 10.1. The molecule has 6 nitrogen and oxygen atoms in total. The van der Waals surface area contributed by atoms with E-state index in [0.29, 0.717) is 0 Å². The molecule has 1 heterocycles. The van der Waals surface area contributed by atoms with E-state index >= 15 is 0 Å². The van der Waals surface area contributed by atoms with Crippen LogP contribution in [0.3, 0.4) is 0 Å². The number of carbonyl (C=O) groups is 3. The van der Waals surface area contributed by atoms with Crippen LogP contribution in [0.5, 0.6) is 0 Å². The van der Waals surface area contributed by atoms with E-state index in [9.17, 15) is 14.4 Å². The molecule has 1 aliphatic rings. The van der Waals surface area contributed by atoms with Crippen LogP contribution in [0, 0.1) is 0 Å². The molecular weight excluding hydrogens is 152 g/mol. The van der Waals surface area contributed by atoms with Crippen LogP contribution in [0.4, 0.5) is 0 Å². The van der Waals surface area contributed by atoms with Gasteiger partial charge in [0.15, 0.2) is 5.66 Å². The third-order valence-electron chi connectivity index (χ3n) is 1.41. The third-order valence-corrected chi connectivity index (χ3v) is 1.41. The van der Waals surface area contributed by atoms with Gasteiger partial charge in [0.05, 0.1) is 6.42 Å². The predicted molar refractivity (Wildman–Crippen MR) is 32.3 cm³/mol. The lowest BCUT2D eigenvalue weighted by molar-refractivity contribution is -0.145. The number of carbonyl (C=O) groups excluding carboxylic acids is 2. The fourth-order valence-corrected chi connectivity index (χ4v) is 0.779. The summed E-state index contributed by atoms with van der Waals surface area (Å²) in [5.41, 5.74) is 3.24. The van der Waals surface area contributed by atoms with Gasteiger partial charge in [-0.2, -0.15) is 0 Å². The topological polar surface area (TPSA) is 109 Å². The Balaban J connectivity index is 2.88. The summed E-state index contributed by atoms with van der Waals surface area (Å²) in [4.78, 5) is 31.4. The van der Waals surface area contributed by atoms with Crippen molar-refractivity contribution in [3.8, 4) is 0 Å². The molecule has 0 spiro atoms. The van der Waals surface area contributed by atoms with Crippen molar-refractivity contribution in [2.45, 2.75) is 12.1 Å². The van der Waals surface area contributed by atoms with Crippen LogP contribution in [-0.2, 0) is 14.4 Å². The van der Waals surface area contributed by atoms with Gasteiger partial charge < -0.3 is 10.4 Å². The minimum atomic E-state index is -1.89. The van der Waals surface area contributed by atoms with Crippen LogP contribution in [-0.4, -0.2) is 28.4 Å². The molecule has 60 valence electrons. The Hall–Kier alpha value is -1.43. The maximum Gasteiger partial charge on any atom is 0.344 e. The van der Waals surface area contributed by atoms with Crippen LogP contribution in [0.25, 0.3) is 0 Å². The van der Waals surface area contributed by atoms with Crippen LogP contribution < -0.4 is 11.1 Å². The second-order valence-electron chi connectivity index (χ2n) is 2.33. The Morgan fingerprint density at radius 1 is 1.64 bits per heavy atom. The highest BCUT2D eigenvalue weighted by molar-refractivity contribution is 6.39. The first-order valence-electron chi connectivity index (χ1n) is 2.83. The first-order valence-corrected chi connectivity index (χ1v) is 2.83. The van der Waals surface area contributed by atoms with E-state index in [2.05, 4.69) is 0 Å². The smallest absolute Gasteiger partial charge is 0.344 e. The molecule has 0 aromatic carbocycles. The van der Waals surface area contributed by atoms with Crippen molar-refractivity contribution in [1.29, 1.82) is 0 Å². The molecule has 0 radical (unpaired) electrons. The van der Waals surface area contributed by atoms with Crippen molar-refractivity contribution >= 4 is 17.7 Å². The number of hydrogen-bond acceptors (Lipinski definition) is 4. The van der Waals surface area contributed by atoms with Crippen LogP contribution in [0.15, 0.2) is 0 Å². The Kier molecular flexibility index (Phi) is 1.41. The van der Waals surface area contributed by atoms with Crippen molar-refractivity contribution < 1.29 is 19.5 Å². The summed E-state index contributed by atoms with van der Waals surface area (Å²) in [6.45, 7) is 0. The molecule has 1 fully saturated rings. The van der Waals surface area contributed by atoms with E-state index < -0.39 is 29.7 Å². The Morgan fingerprint density at radius 2 is 2.18 bits per heavy atom. The number of nitrogens with one attached hydrogen (secondary N) is 1. The summed E-state index contributed by atoms with van der Waals surface area (Å²) < 4.78 is 0. The van der Waals surface area contributed by atoms with E-state index in [1.807, 2.05) is 5.32 Å². The number of carboxylic acid groups (broad SMARTS) is 1. The van der Waals surface area contributed by atoms with E-state index in [-0.39, 0.29) is 0 Å². The molecule has 0 saturated carbocycles. The third kappa shape index (κ3) is 1.07. The monoisotopic (exact) mass is 158 g/mol. The maximum atomic E-state index is 10.5. The second kappa shape index (κ2) is 2.03. The molecule has 1 rings (SSSR count). The summed E-state index contributed by atoms with van der Waals surface area (Å²) in [6.07, 6.45) is -0.485. The minimum absolute atomic E-state index is 0.485. The molecule has 6 heteroatoms. The normalized spacial score (nSPS) is 30.3. The number of ketones is 1. The molecule has 1 unspecified atom stereocenters. The molecule has 0 bridgehead atoms. The van der Waals surface area contributed by atoms with E-state index in [0.717, 1.165) is 0 Å². The zero-order chi connectivity index (χ0) is 8.65. The van der Waals surface area contributed by atoms with Crippen molar-refractivity contribution in [3.63, 3.8) is 0 Å². The number of rotatable bonds is 1. The second-order valence-corrected chi connectivity index (χ2v) is 2.33. The summed E-state index contributed by atoms with van der Waals surface area (Å²) in [5, 5.41) is 10.3. The highest BCUT2D eigenvalue weighted by atomic mass is 16.4. The molecule has 1 atom stereocenters. The van der Waals surface area contributed by atoms with Crippen molar-refractivity contribution in [2.75, 3.05) is 0 Å². The Labute approximate surface area is 61.4 Å². The van der Waals surface area contributed by atoms with Gasteiger partial charge in [0.1, 0.15) is 0 Å². The van der Waals surface area contributed by atoms with Crippen LogP contribution in [0.1, 0.15) is 6.42 Å². The van der Waals surface area contributed by atoms with E-state index in [1.54, 1.807) is 0 Å². The number of aliphatic carboxylic acids is 1. The molecule has 1 amide bonds. The van der Waals surface area contributed by atoms with Crippen LogP contribution >= 0.6 is 0 Å². The molecule has 0 aliphatic carbocycles. The summed E-state index contributed by atoms with van der Waals surface area (Å²) in [6, 6.07) is 0. The largest absolute Gasteiger partial charge is 0.478 e. The molecule has 0 aromatic heterocycles. The van der Waals surface area contributed by atoms with Crippen LogP contribution in [0.2, 0.25) is 0 Å². The first-order chi connectivity index (χ1) is 4.96. The number of nitrogens with two attached hydrogens (primary N) is 1. The van der Waals surface area contributed by atoms with Crippen molar-refractivity contribution in [2.24, 2.45) is 5.73 Å². The van der Waals surface area contributed by atoms with Gasteiger partial charge in [-0.15, -0.1) is 0 Å². The lowest BCUT2D eigenvalue weighted by Crippen LogP contribution is -2.56. The Morgan fingerprint density at radius 3 is 2.36 bits per heavy atom. The zero-order valence-corrected chi connectivity index (χ0v) is 5.46. The van der Waals surface area contributed by atoms with Gasteiger partial charge in [0.2, 0.25) is 5.78 Å². The van der Waals surface area contributed by atoms with E-state index in [4.69, 9.17) is 10.8 Å². The molecular formula is C5H6N2O4. The fourth-order valence-electron chi connectivity index (χ4n) is 0.779. The zero-order valence-electron chi connectivity index (χ0n) is 5.46. The number of amides is 1. The maximum absolute atomic E-state index is 10.5. The predicted octanol–water partition coefficient (Wildman–Crippen LogP) is -2.19. The van der Waals surface area contributed by atoms with Gasteiger partial charge in [-0.1, -0.05) is 0 Å². The fraction of sp³-hybridized carbons (Fsp3) is 0.400.